The summed E-state index contributed by atoms with van der Waals surface area (Å²) in [5.41, 5.74) is 7.81. The van der Waals surface area contributed by atoms with Gasteiger partial charge in [0.05, 0.1) is 0 Å². The number of hydrogen-bond acceptors (Lipinski definition) is 4. The number of aromatic nitrogens is 1. The molecule has 1 atom stereocenters. The smallest absolute Gasteiger partial charge is 0.131 e. The zero-order valence-electron chi connectivity index (χ0n) is 10.8. The molecule has 0 aromatic carbocycles. The fraction of sp³-hybridized carbons (Fsp3) is 0.615. The molecule has 4 nitrogen and oxygen atoms in total. The van der Waals surface area contributed by atoms with Crippen LogP contribution in [0.25, 0.3) is 0 Å². The molecule has 19 heavy (non-hydrogen) atoms. The second-order valence-electron chi connectivity index (χ2n) is 5.44. The lowest BCUT2D eigenvalue weighted by Gasteiger charge is -2.36. The minimum absolute atomic E-state index is 0. The van der Waals surface area contributed by atoms with E-state index in [0.29, 0.717) is 5.15 Å². The third kappa shape index (κ3) is 2.82. The third-order valence-corrected chi connectivity index (χ3v) is 4.59. The number of nitrogens with zero attached hydrogens (tertiary/aromatic N) is 2. The van der Waals surface area contributed by atoms with Gasteiger partial charge in [-0.15, -0.1) is 12.4 Å². The van der Waals surface area contributed by atoms with Crippen molar-refractivity contribution in [1.82, 2.24) is 10.3 Å². The lowest BCUT2D eigenvalue weighted by molar-refractivity contribution is 0.205. The SMILES string of the molecule is Cl.N[C@@H]1CN(c2ccnc(Cl)c2)CC12CCNCC2. The fourth-order valence-electron chi connectivity index (χ4n) is 3.23. The van der Waals surface area contributed by atoms with Gasteiger partial charge in [0, 0.05) is 36.4 Å². The molecule has 2 saturated heterocycles. The van der Waals surface area contributed by atoms with Crippen molar-refractivity contribution in [2.45, 2.75) is 18.9 Å². The summed E-state index contributed by atoms with van der Waals surface area (Å²) in [6.07, 6.45) is 4.10. The Labute approximate surface area is 125 Å². The van der Waals surface area contributed by atoms with Gasteiger partial charge < -0.3 is 16.0 Å². The summed E-state index contributed by atoms with van der Waals surface area (Å²) in [5, 5.41) is 3.96. The van der Waals surface area contributed by atoms with Crippen LogP contribution in [0.15, 0.2) is 18.3 Å². The van der Waals surface area contributed by atoms with Crippen molar-refractivity contribution in [2.24, 2.45) is 11.1 Å². The predicted octanol–water partition coefficient (Wildman–Crippen LogP) is 1.67. The third-order valence-electron chi connectivity index (χ3n) is 4.38. The Hall–Kier alpha value is -0.550. The van der Waals surface area contributed by atoms with Crippen LogP contribution in [0.4, 0.5) is 5.69 Å². The Morgan fingerprint density at radius 3 is 2.84 bits per heavy atom. The molecule has 1 spiro atoms. The van der Waals surface area contributed by atoms with Crippen LogP contribution in [-0.4, -0.2) is 37.2 Å². The summed E-state index contributed by atoms with van der Waals surface area (Å²) in [4.78, 5) is 6.38. The molecule has 0 bridgehead atoms. The second kappa shape index (κ2) is 5.83. The van der Waals surface area contributed by atoms with Crippen molar-refractivity contribution in [3.05, 3.63) is 23.5 Å². The van der Waals surface area contributed by atoms with Gasteiger partial charge >= 0.3 is 0 Å². The Kier molecular flexibility index (Phi) is 4.56. The van der Waals surface area contributed by atoms with E-state index in [2.05, 4.69) is 15.2 Å². The predicted molar refractivity (Wildman–Crippen MR) is 81.2 cm³/mol. The molecule has 1 aromatic heterocycles. The van der Waals surface area contributed by atoms with E-state index in [1.165, 1.54) is 12.8 Å². The van der Waals surface area contributed by atoms with Crippen LogP contribution in [0.1, 0.15) is 12.8 Å². The first-order chi connectivity index (χ1) is 8.70. The Morgan fingerprint density at radius 2 is 2.16 bits per heavy atom. The van der Waals surface area contributed by atoms with E-state index in [1.807, 2.05) is 12.1 Å². The van der Waals surface area contributed by atoms with Gasteiger partial charge in [0.25, 0.3) is 0 Å². The van der Waals surface area contributed by atoms with Crippen molar-refractivity contribution in [2.75, 3.05) is 31.1 Å². The summed E-state index contributed by atoms with van der Waals surface area (Å²) in [6.45, 7) is 4.12. The van der Waals surface area contributed by atoms with Crippen molar-refractivity contribution in [3.8, 4) is 0 Å². The molecule has 2 fully saturated rings. The summed E-state index contributed by atoms with van der Waals surface area (Å²) in [5.74, 6) is 0. The lowest BCUT2D eigenvalue weighted by atomic mass is 9.75. The van der Waals surface area contributed by atoms with Crippen molar-refractivity contribution >= 4 is 29.7 Å². The topological polar surface area (TPSA) is 54.2 Å². The standard InChI is InChI=1S/C13H19ClN4.ClH/c14-12-7-10(1-4-17-12)18-8-11(15)13(9-18)2-5-16-6-3-13;/h1,4,7,11,16H,2-3,5-6,8-9,15H2;1H/t11-;/m1./s1. The Bertz CT molecular complexity index is 434. The minimum Gasteiger partial charge on any atom is -0.369 e. The van der Waals surface area contributed by atoms with Gasteiger partial charge in [0.2, 0.25) is 0 Å². The van der Waals surface area contributed by atoms with E-state index >= 15 is 0 Å². The van der Waals surface area contributed by atoms with E-state index in [0.717, 1.165) is 31.9 Å². The van der Waals surface area contributed by atoms with Gasteiger partial charge in [-0.05, 0) is 38.1 Å². The molecule has 0 aliphatic carbocycles. The summed E-state index contributed by atoms with van der Waals surface area (Å²) >= 11 is 5.96. The molecule has 6 heteroatoms. The average Bonchev–Trinajstić information content (AvgIpc) is 2.68. The van der Waals surface area contributed by atoms with Crippen LogP contribution < -0.4 is 16.0 Å². The van der Waals surface area contributed by atoms with Crippen LogP contribution in [0, 0.1) is 5.41 Å². The van der Waals surface area contributed by atoms with E-state index < -0.39 is 0 Å². The molecule has 2 aliphatic heterocycles. The van der Waals surface area contributed by atoms with Crippen LogP contribution >= 0.6 is 24.0 Å². The highest BCUT2D eigenvalue weighted by atomic mass is 35.5. The maximum absolute atomic E-state index is 6.39. The average molecular weight is 303 g/mol. The number of nitrogens with one attached hydrogen (secondary N) is 1. The number of pyridine rings is 1. The first-order valence-corrected chi connectivity index (χ1v) is 6.90. The summed E-state index contributed by atoms with van der Waals surface area (Å²) in [7, 11) is 0. The number of anilines is 1. The van der Waals surface area contributed by atoms with Gasteiger partial charge in [-0.3, -0.25) is 0 Å². The number of hydrogen-bond donors (Lipinski definition) is 2. The van der Waals surface area contributed by atoms with Crippen LogP contribution in [0.3, 0.4) is 0 Å². The minimum atomic E-state index is 0. The number of piperidine rings is 1. The van der Waals surface area contributed by atoms with Gasteiger partial charge in [-0.25, -0.2) is 4.98 Å². The van der Waals surface area contributed by atoms with E-state index in [9.17, 15) is 0 Å². The highest BCUT2D eigenvalue weighted by Crippen LogP contribution is 2.39. The molecule has 0 unspecified atom stereocenters. The van der Waals surface area contributed by atoms with Gasteiger partial charge in [0.1, 0.15) is 5.15 Å². The molecular weight excluding hydrogens is 283 g/mol. The number of rotatable bonds is 1. The lowest BCUT2D eigenvalue weighted by Crippen LogP contribution is -2.47. The molecule has 3 heterocycles. The molecule has 0 saturated carbocycles. The zero-order valence-corrected chi connectivity index (χ0v) is 12.4. The van der Waals surface area contributed by atoms with Crippen molar-refractivity contribution < 1.29 is 0 Å². The van der Waals surface area contributed by atoms with Crippen LogP contribution in [0.2, 0.25) is 5.15 Å². The monoisotopic (exact) mass is 302 g/mol. The molecule has 106 valence electrons. The maximum Gasteiger partial charge on any atom is 0.131 e. The molecule has 0 radical (unpaired) electrons. The molecule has 0 amide bonds. The largest absolute Gasteiger partial charge is 0.369 e. The normalized spacial score (nSPS) is 25.4. The quantitative estimate of drug-likeness (QED) is 0.775. The zero-order chi connectivity index (χ0) is 12.6. The highest BCUT2D eigenvalue weighted by molar-refractivity contribution is 6.29. The number of nitrogens with two attached hydrogens (primary N) is 1. The van der Waals surface area contributed by atoms with Crippen LogP contribution in [-0.2, 0) is 0 Å². The van der Waals surface area contributed by atoms with Crippen molar-refractivity contribution in [1.29, 1.82) is 0 Å². The number of halogens is 2. The molecule has 3 N–H and O–H groups in total. The summed E-state index contributed by atoms with van der Waals surface area (Å²) in [6, 6.07) is 4.19. The van der Waals surface area contributed by atoms with E-state index in [1.54, 1.807) is 6.20 Å². The summed E-state index contributed by atoms with van der Waals surface area (Å²) < 4.78 is 0. The first-order valence-electron chi connectivity index (χ1n) is 6.52. The molecule has 1 aromatic rings. The first kappa shape index (κ1) is 14.9. The van der Waals surface area contributed by atoms with Gasteiger partial charge in [0.15, 0.2) is 0 Å². The van der Waals surface area contributed by atoms with Gasteiger partial charge in [-0.2, -0.15) is 0 Å². The van der Waals surface area contributed by atoms with E-state index in [-0.39, 0.29) is 23.9 Å². The Morgan fingerprint density at radius 1 is 1.42 bits per heavy atom. The Balaban J connectivity index is 0.00000133. The molecule has 2 aliphatic rings. The fourth-order valence-corrected chi connectivity index (χ4v) is 3.40. The molecule has 3 rings (SSSR count). The van der Waals surface area contributed by atoms with Crippen LogP contribution in [0.5, 0.6) is 0 Å². The second-order valence-corrected chi connectivity index (χ2v) is 5.82. The van der Waals surface area contributed by atoms with Crippen molar-refractivity contribution in [3.63, 3.8) is 0 Å². The van der Waals surface area contributed by atoms with Gasteiger partial charge in [-0.1, -0.05) is 11.6 Å². The molecular formula is C13H20Cl2N4. The highest BCUT2D eigenvalue weighted by Gasteiger charge is 2.45. The maximum atomic E-state index is 6.39. The van der Waals surface area contributed by atoms with E-state index in [4.69, 9.17) is 17.3 Å².